The van der Waals surface area contributed by atoms with E-state index < -0.39 is 0 Å². The van der Waals surface area contributed by atoms with Gasteiger partial charge < -0.3 is 11.1 Å². The fraction of sp³-hybridized carbons (Fsp3) is 0.545. The average molecular weight is 238 g/mol. The van der Waals surface area contributed by atoms with Gasteiger partial charge >= 0.3 is 0 Å². The van der Waals surface area contributed by atoms with Crippen LogP contribution in [0.3, 0.4) is 0 Å². The molecule has 0 unspecified atom stereocenters. The molecule has 0 saturated carbocycles. The van der Waals surface area contributed by atoms with Gasteiger partial charge in [-0.15, -0.1) is 6.58 Å². The Morgan fingerprint density at radius 1 is 1.47 bits per heavy atom. The maximum Gasteiger partial charge on any atom is 0.229 e. The molecule has 17 heavy (non-hydrogen) atoms. The van der Waals surface area contributed by atoms with Crippen molar-refractivity contribution in [2.24, 2.45) is 10.7 Å². The smallest absolute Gasteiger partial charge is 0.229 e. The van der Waals surface area contributed by atoms with Crippen molar-refractivity contribution in [3.63, 3.8) is 0 Å². The molecule has 2 amide bonds. The normalized spacial score (nSPS) is 17.2. The lowest BCUT2D eigenvalue weighted by Gasteiger charge is -2.23. The summed E-state index contributed by atoms with van der Waals surface area (Å²) in [6, 6.07) is 0. The zero-order valence-electron chi connectivity index (χ0n) is 9.82. The first kappa shape index (κ1) is 13.2. The first-order chi connectivity index (χ1) is 8.15. The molecule has 0 spiro atoms. The second kappa shape index (κ2) is 6.67. The first-order valence-corrected chi connectivity index (χ1v) is 5.63. The number of nitrogens with zero attached hydrogens (tertiary/aromatic N) is 2. The van der Waals surface area contributed by atoms with E-state index >= 15 is 0 Å². The van der Waals surface area contributed by atoms with Crippen LogP contribution in [0.2, 0.25) is 0 Å². The van der Waals surface area contributed by atoms with Gasteiger partial charge in [-0.25, -0.2) is 0 Å². The minimum Gasteiger partial charge on any atom is -0.370 e. The molecule has 6 heteroatoms. The molecule has 6 nitrogen and oxygen atoms in total. The lowest BCUT2D eigenvalue weighted by Crippen LogP contribution is -2.42. The van der Waals surface area contributed by atoms with Crippen molar-refractivity contribution >= 4 is 17.8 Å². The van der Waals surface area contributed by atoms with Crippen LogP contribution in [0.5, 0.6) is 0 Å². The lowest BCUT2D eigenvalue weighted by atomic mass is 10.1. The van der Waals surface area contributed by atoms with E-state index in [0.717, 1.165) is 0 Å². The predicted molar refractivity (Wildman–Crippen MR) is 65.3 cm³/mol. The standard InChI is InChI=1S/C11H18N4O2/c1-2-6-13-11(12)14-7-8-15-9(16)4-3-5-10(15)17/h2H,1,3-8H2,(H3,12,13,14). The molecule has 1 aliphatic rings. The summed E-state index contributed by atoms with van der Waals surface area (Å²) in [6.45, 7) is 4.70. The molecule has 3 N–H and O–H groups in total. The quantitative estimate of drug-likeness (QED) is 0.296. The second-order valence-electron chi connectivity index (χ2n) is 3.73. The number of amides is 2. The summed E-state index contributed by atoms with van der Waals surface area (Å²) >= 11 is 0. The van der Waals surface area contributed by atoms with Crippen molar-refractivity contribution in [3.8, 4) is 0 Å². The Kier molecular flexibility index (Phi) is 5.19. The van der Waals surface area contributed by atoms with E-state index in [9.17, 15) is 9.59 Å². The van der Waals surface area contributed by atoms with Crippen LogP contribution in [0, 0.1) is 0 Å². The van der Waals surface area contributed by atoms with E-state index in [1.165, 1.54) is 4.90 Å². The molecule has 94 valence electrons. The highest BCUT2D eigenvalue weighted by Crippen LogP contribution is 2.11. The van der Waals surface area contributed by atoms with Crippen LogP contribution in [0.25, 0.3) is 0 Å². The Morgan fingerprint density at radius 3 is 2.71 bits per heavy atom. The highest BCUT2D eigenvalue weighted by atomic mass is 16.2. The fourth-order valence-electron chi connectivity index (χ4n) is 1.55. The molecule has 0 aromatic carbocycles. The van der Waals surface area contributed by atoms with E-state index in [0.29, 0.717) is 44.9 Å². The van der Waals surface area contributed by atoms with Crippen LogP contribution in [-0.4, -0.2) is 42.3 Å². The fourth-order valence-corrected chi connectivity index (χ4v) is 1.55. The molecule has 1 aliphatic heterocycles. The van der Waals surface area contributed by atoms with Gasteiger partial charge in [-0.05, 0) is 6.42 Å². The number of likely N-dealkylation sites (tertiary alicyclic amines) is 1. The zero-order chi connectivity index (χ0) is 12.7. The van der Waals surface area contributed by atoms with E-state index in [4.69, 9.17) is 5.73 Å². The monoisotopic (exact) mass is 238 g/mol. The number of rotatable bonds is 5. The number of nitrogens with one attached hydrogen (secondary N) is 1. The summed E-state index contributed by atoms with van der Waals surface area (Å²) in [5, 5.41) is 2.81. The second-order valence-corrected chi connectivity index (χ2v) is 3.73. The number of guanidine groups is 1. The molecule has 0 radical (unpaired) electrons. The summed E-state index contributed by atoms with van der Waals surface area (Å²) in [5.74, 6) is 0.0601. The number of imide groups is 1. The van der Waals surface area contributed by atoms with Crippen LogP contribution in [0.4, 0.5) is 0 Å². The van der Waals surface area contributed by atoms with Gasteiger partial charge in [0, 0.05) is 25.9 Å². The van der Waals surface area contributed by atoms with Crippen molar-refractivity contribution in [2.45, 2.75) is 19.3 Å². The minimum absolute atomic E-state index is 0.117. The number of hydrogen-bond acceptors (Lipinski definition) is 3. The summed E-state index contributed by atoms with van der Waals surface area (Å²) < 4.78 is 0. The van der Waals surface area contributed by atoms with Gasteiger partial charge in [0.2, 0.25) is 11.8 Å². The molecule has 1 saturated heterocycles. The van der Waals surface area contributed by atoms with Gasteiger partial charge in [-0.1, -0.05) is 6.08 Å². The van der Waals surface area contributed by atoms with Crippen molar-refractivity contribution in [3.05, 3.63) is 12.7 Å². The molecule has 0 aliphatic carbocycles. The van der Waals surface area contributed by atoms with Gasteiger partial charge in [0.05, 0.1) is 6.54 Å². The molecule has 0 aromatic heterocycles. The number of aliphatic imine (C=N–C) groups is 1. The molecule has 1 fully saturated rings. The minimum atomic E-state index is -0.117. The molecule has 1 heterocycles. The maximum absolute atomic E-state index is 11.4. The number of carbonyl (C=O) groups is 2. The Labute approximate surface area is 101 Å². The number of piperidine rings is 1. The van der Waals surface area contributed by atoms with E-state index in [1.54, 1.807) is 6.08 Å². The zero-order valence-corrected chi connectivity index (χ0v) is 9.82. The molecule has 0 bridgehead atoms. The van der Waals surface area contributed by atoms with Crippen LogP contribution in [0.1, 0.15) is 19.3 Å². The van der Waals surface area contributed by atoms with Crippen LogP contribution < -0.4 is 11.1 Å². The van der Waals surface area contributed by atoms with E-state index in [-0.39, 0.29) is 11.8 Å². The third-order valence-corrected chi connectivity index (χ3v) is 2.42. The maximum atomic E-state index is 11.4. The average Bonchev–Trinajstić information content (AvgIpc) is 2.30. The first-order valence-electron chi connectivity index (χ1n) is 5.63. The van der Waals surface area contributed by atoms with E-state index in [1.807, 2.05) is 0 Å². The number of carbonyl (C=O) groups excluding carboxylic acids is 2. The number of nitrogens with two attached hydrogens (primary N) is 1. The van der Waals surface area contributed by atoms with Crippen LogP contribution in [-0.2, 0) is 9.59 Å². The highest BCUT2D eigenvalue weighted by Gasteiger charge is 2.24. The molecule has 1 rings (SSSR count). The summed E-state index contributed by atoms with van der Waals surface area (Å²) in [5.41, 5.74) is 5.55. The van der Waals surface area contributed by atoms with E-state index in [2.05, 4.69) is 16.9 Å². The van der Waals surface area contributed by atoms with Crippen molar-refractivity contribution in [2.75, 3.05) is 19.6 Å². The Balaban J connectivity index is 2.36. The largest absolute Gasteiger partial charge is 0.370 e. The van der Waals surface area contributed by atoms with Gasteiger partial charge in [-0.2, -0.15) is 0 Å². The van der Waals surface area contributed by atoms with Crippen LogP contribution in [0.15, 0.2) is 17.6 Å². The topological polar surface area (TPSA) is 87.8 Å². The summed E-state index contributed by atoms with van der Waals surface area (Å²) in [4.78, 5) is 28.2. The van der Waals surface area contributed by atoms with Crippen molar-refractivity contribution in [1.82, 2.24) is 10.2 Å². The highest BCUT2D eigenvalue weighted by molar-refractivity contribution is 5.97. The van der Waals surface area contributed by atoms with Crippen molar-refractivity contribution in [1.29, 1.82) is 0 Å². The summed E-state index contributed by atoms with van der Waals surface area (Å²) in [7, 11) is 0. The van der Waals surface area contributed by atoms with Gasteiger partial charge in [-0.3, -0.25) is 19.5 Å². The third kappa shape index (κ3) is 4.26. The summed E-state index contributed by atoms with van der Waals surface area (Å²) in [6.07, 6.45) is 3.21. The molecular weight excluding hydrogens is 220 g/mol. The van der Waals surface area contributed by atoms with Gasteiger partial charge in [0.1, 0.15) is 0 Å². The Hall–Kier alpha value is -1.85. The third-order valence-electron chi connectivity index (χ3n) is 2.42. The SMILES string of the molecule is C=CCNC(N)=NCCN1C(=O)CCCC1=O. The number of hydrogen-bond donors (Lipinski definition) is 2. The lowest BCUT2D eigenvalue weighted by molar-refractivity contribution is -0.147. The predicted octanol–water partition coefficient (Wildman–Crippen LogP) is -0.384. The van der Waals surface area contributed by atoms with Gasteiger partial charge in [0.15, 0.2) is 5.96 Å². The molecule has 0 atom stereocenters. The Morgan fingerprint density at radius 2 is 2.12 bits per heavy atom. The Bertz CT molecular complexity index is 322. The van der Waals surface area contributed by atoms with Gasteiger partial charge in [0.25, 0.3) is 0 Å². The van der Waals surface area contributed by atoms with Crippen LogP contribution >= 0.6 is 0 Å². The molecular formula is C11H18N4O2. The van der Waals surface area contributed by atoms with Crippen molar-refractivity contribution < 1.29 is 9.59 Å². The molecule has 0 aromatic rings.